The van der Waals surface area contributed by atoms with Crippen LogP contribution < -0.4 is 0 Å². The lowest BCUT2D eigenvalue weighted by molar-refractivity contribution is 0.0155. The molecule has 0 spiro atoms. The molecule has 2 unspecified atom stereocenters. The quantitative estimate of drug-likeness (QED) is 0.786. The van der Waals surface area contributed by atoms with Crippen LogP contribution in [0.15, 0.2) is 12.1 Å². The van der Waals surface area contributed by atoms with E-state index in [1.54, 1.807) is 12.1 Å². The van der Waals surface area contributed by atoms with Crippen molar-refractivity contribution in [1.29, 1.82) is 0 Å². The van der Waals surface area contributed by atoms with Crippen LogP contribution in [0.2, 0.25) is 0 Å². The zero-order valence-corrected chi connectivity index (χ0v) is 12.4. The van der Waals surface area contributed by atoms with Crippen molar-refractivity contribution >= 4 is 0 Å². The number of benzene rings is 1. The summed E-state index contributed by atoms with van der Waals surface area (Å²) in [5.74, 6) is -1.10. The molecule has 20 heavy (non-hydrogen) atoms. The summed E-state index contributed by atoms with van der Waals surface area (Å²) in [6.45, 7) is 3.70. The van der Waals surface area contributed by atoms with Crippen LogP contribution in [0.1, 0.15) is 63.0 Å². The second kappa shape index (κ2) is 6.21. The Morgan fingerprint density at radius 1 is 1.20 bits per heavy atom. The van der Waals surface area contributed by atoms with Gasteiger partial charge in [-0.25, -0.2) is 8.78 Å². The van der Waals surface area contributed by atoms with E-state index in [2.05, 4.69) is 6.92 Å². The topological polar surface area (TPSA) is 20.2 Å². The Bertz CT molecular complexity index is 472. The van der Waals surface area contributed by atoms with Crippen LogP contribution in [0.3, 0.4) is 0 Å². The van der Waals surface area contributed by atoms with Gasteiger partial charge >= 0.3 is 0 Å². The first kappa shape index (κ1) is 15.4. The summed E-state index contributed by atoms with van der Waals surface area (Å²) in [6, 6.07) is 3.11. The van der Waals surface area contributed by atoms with Crippen LogP contribution in [-0.4, -0.2) is 5.11 Å². The van der Waals surface area contributed by atoms with Gasteiger partial charge < -0.3 is 5.11 Å². The highest BCUT2D eigenvalue weighted by Gasteiger charge is 2.35. The third kappa shape index (κ3) is 3.03. The van der Waals surface area contributed by atoms with E-state index in [0.717, 1.165) is 32.1 Å². The minimum Gasteiger partial charge on any atom is -0.385 e. The molecule has 2 atom stereocenters. The van der Waals surface area contributed by atoms with Gasteiger partial charge in [0.2, 0.25) is 0 Å². The van der Waals surface area contributed by atoms with Crippen molar-refractivity contribution in [1.82, 2.24) is 0 Å². The summed E-state index contributed by atoms with van der Waals surface area (Å²) < 4.78 is 27.9. The van der Waals surface area contributed by atoms with Crippen molar-refractivity contribution in [3.8, 4) is 0 Å². The summed E-state index contributed by atoms with van der Waals surface area (Å²) in [7, 11) is 0. The van der Waals surface area contributed by atoms with Gasteiger partial charge in [-0.3, -0.25) is 0 Å². The first-order valence-corrected chi connectivity index (χ1v) is 7.65. The zero-order valence-electron chi connectivity index (χ0n) is 12.4. The number of rotatable bonds is 3. The molecule has 1 nitrogen and oxygen atoms in total. The van der Waals surface area contributed by atoms with Gasteiger partial charge in [-0.15, -0.1) is 0 Å². The van der Waals surface area contributed by atoms with E-state index in [-0.39, 0.29) is 11.1 Å². The number of aryl methyl sites for hydroxylation is 1. The summed E-state index contributed by atoms with van der Waals surface area (Å²) in [6.07, 6.45) is 6.17. The zero-order chi connectivity index (χ0) is 14.8. The Morgan fingerprint density at radius 3 is 2.65 bits per heavy atom. The Labute approximate surface area is 120 Å². The molecule has 0 aliphatic heterocycles. The van der Waals surface area contributed by atoms with E-state index in [9.17, 15) is 13.9 Å². The fourth-order valence-electron chi connectivity index (χ4n) is 3.37. The van der Waals surface area contributed by atoms with Crippen molar-refractivity contribution in [3.63, 3.8) is 0 Å². The monoisotopic (exact) mass is 282 g/mol. The fourth-order valence-corrected chi connectivity index (χ4v) is 3.37. The van der Waals surface area contributed by atoms with Crippen LogP contribution in [0.4, 0.5) is 8.78 Å². The number of aliphatic hydroxyl groups is 1. The van der Waals surface area contributed by atoms with Gasteiger partial charge in [0.25, 0.3) is 0 Å². The van der Waals surface area contributed by atoms with Gasteiger partial charge in [0.1, 0.15) is 0 Å². The summed E-state index contributed by atoms with van der Waals surface area (Å²) >= 11 is 0. The maximum absolute atomic E-state index is 14.1. The lowest BCUT2D eigenvalue weighted by Gasteiger charge is -2.28. The largest absolute Gasteiger partial charge is 0.385 e. The van der Waals surface area contributed by atoms with Gasteiger partial charge in [-0.2, -0.15) is 0 Å². The molecule has 0 saturated heterocycles. The average molecular weight is 282 g/mol. The predicted molar refractivity (Wildman–Crippen MR) is 76.5 cm³/mol. The van der Waals surface area contributed by atoms with Gasteiger partial charge in [0.15, 0.2) is 11.6 Å². The molecule has 0 heterocycles. The second-order valence-electron chi connectivity index (χ2n) is 6.18. The van der Waals surface area contributed by atoms with Crippen LogP contribution in [0.25, 0.3) is 0 Å². The highest BCUT2D eigenvalue weighted by molar-refractivity contribution is 5.30. The lowest BCUT2D eigenvalue weighted by Crippen LogP contribution is -2.27. The molecule has 1 N–H and O–H groups in total. The first-order chi connectivity index (χ1) is 9.48. The molecule has 0 amide bonds. The Kier molecular flexibility index (Phi) is 4.79. The van der Waals surface area contributed by atoms with Gasteiger partial charge in [-0.1, -0.05) is 38.3 Å². The maximum atomic E-state index is 14.1. The van der Waals surface area contributed by atoms with E-state index in [1.165, 1.54) is 6.92 Å². The molecule has 0 bridgehead atoms. The predicted octanol–water partition coefficient (Wildman–Crippen LogP) is 4.84. The Hall–Kier alpha value is -0.960. The highest BCUT2D eigenvalue weighted by Crippen LogP contribution is 2.40. The van der Waals surface area contributed by atoms with Crippen molar-refractivity contribution in [2.75, 3.05) is 0 Å². The van der Waals surface area contributed by atoms with Gasteiger partial charge in [0, 0.05) is 5.56 Å². The fraction of sp³-hybridized carbons (Fsp3) is 0.647. The minimum atomic E-state index is -1.21. The van der Waals surface area contributed by atoms with Crippen LogP contribution in [-0.2, 0) is 5.60 Å². The van der Waals surface area contributed by atoms with Crippen molar-refractivity contribution in [2.24, 2.45) is 5.92 Å². The number of hydrogen-bond donors (Lipinski definition) is 1. The third-order valence-electron chi connectivity index (χ3n) is 4.64. The number of hydrogen-bond acceptors (Lipinski definition) is 1. The molecule has 1 aliphatic carbocycles. The Morgan fingerprint density at radius 2 is 1.95 bits per heavy atom. The van der Waals surface area contributed by atoms with E-state index >= 15 is 0 Å². The number of halogens is 2. The lowest BCUT2D eigenvalue weighted by atomic mass is 9.85. The Balaban J connectivity index is 2.25. The van der Waals surface area contributed by atoms with E-state index in [0.29, 0.717) is 18.8 Å². The highest BCUT2D eigenvalue weighted by atomic mass is 19.2. The van der Waals surface area contributed by atoms with E-state index < -0.39 is 17.2 Å². The molecular weight excluding hydrogens is 258 g/mol. The van der Waals surface area contributed by atoms with Crippen LogP contribution >= 0.6 is 0 Å². The molecule has 1 aromatic rings. The summed E-state index contributed by atoms with van der Waals surface area (Å²) in [4.78, 5) is 0. The molecule has 1 aliphatic rings. The minimum absolute atomic E-state index is 0.137. The SMILES string of the molecule is CCCC1CCCC(O)(c2ccc(C)c(F)c2F)CC1. The standard InChI is InChI=1S/C17H24F2O/c1-3-5-13-6-4-10-17(20,11-9-13)14-8-7-12(2)15(18)16(14)19/h7-8,13,20H,3-6,9-11H2,1-2H3. The third-order valence-corrected chi connectivity index (χ3v) is 4.64. The van der Waals surface area contributed by atoms with Crippen molar-refractivity contribution in [3.05, 3.63) is 34.9 Å². The molecule has 1 fully saturated rings. The average Bonchev–Trinajstić information content (AvgIpc) is 2.60. The van der Waals surface area contributed by atoms with E-state index in [1.807, 2.05) is 0 Å². The summed E-state index contributed by atoms with van der Waals surface area (Å²) in [5, 5.41) is 10.8. The molecule has 0 aromatic heterocycles. The molecule has 112 valence electrons. The maximum Gasteiger partial charge on any atom is 0.165 e. The summed E-state index contributed by atoms with van der Waals surface area (Å²) in [5.41, 5.74) is -0.786. The molecular formula is C17H24F2O. The molecule has 2 rings (SSSR count). The molecule has 0 radical (unpaired) electrons. The molecule has 1 saturated carbocycles. The van der Waals surface area contributed by atoms with Crippen molar-refractivity contribution < 1.29 is 13.9 Å². The molecule has 1 aromatic carbocycles. The second-order valence-corrected chi connectivity index (χ2v) is 6.18. The van der Waals surface area contributed by atoms with Gasteiger partial charge in [0.05, 0.1) is 5.60 Å². The van der Waals surface area contributed by atoms with E-state index in [4.69, 9.17) is 0 Å². The first-order valence-electron chi connectivity index (χ1n) is 7.65. The van der Waals surface area contributed by atoms with Crippen LogP contribution in [0.5, 0.6) is 0 Å². The normalized spacial score (nSPS) is 27.4. The van der Waals surface area contributed by atoms with Gasteiger partial charge in [-0.05, 0) is 44.1 Å². The molecule has 3 heteroatoms. The van der Waals surface area contributed by atoms with Crippen LogP contribution in [0, 0.1) is 24.5 Å². The van der Waals surface area contributed by atoms with Crippen molar-refractivity contribution in [2.45, 2.75) is 64.4 Å². The smallest absolute Gasteiger partial charge is 0.165 e.